The Bertz CT molecular complexity index is 537. The summed E-state index contributed by atoms with van der Waals surface area (Å²) in [6, 6.07) is 9.99. The van der Waals surface area contributed by atoms with Crippen LogP contribution in [-0.4, -0.2) is 25.0 Å². The van der Waals surface area contributed by atoms with E-state index in [1.54, 1.807) is 6.07 Å². The van der Waals surface area contributed by atoms with Gasteiger partial charge in [-0.3, -0.25) is 4.79 Å². The van der Waals surface area contributed by atoms with Crippen molar-refractivity contribution in [2.75, 3.05) is 13.1 Å². The van der Waals surface area contributed by atoms with E-state index in [9.17, 15) is 4.79 Å². The molecule has 100 valence electrons. The van der Waals surface area contributed by atoms with Crippen molar-refractivity contribution >= 4 is 16.9 Å². The van der Waals surface area contributed by atoms with E-state index in [1.165, 1.54) is 12.8 Å². The number of carbonyl (C=O) groups is 1. The SMILES string of the molecule is O=C(NCC[C@@H]1CCCN1)c1cc2ccccc2o1. The number of amides is 1. The molecule has 2 heterocycles. The fourth-order valence-corrected chi connectivity index (χ4v) is 2.54. The van der Waals surface area contributed by atoms with Crippen LogP contribution in [0.5, 0.6) is 0 Å². The maximum Gasteiger partial charge on any atom is 0.287 e. The average Bonchev–Trinajstić information content (AvgIpc) is 3.07. The molecule has 1 amide bonds. The summed E-state index contributed by atoms with van der Waals surface area (Å²) in [5.41, 5.74) is 0.755. The summed E-state index contributed by atoms with van der Waals surface area (Å²) in [6.07, 6.45) is 3.43. The van der Waals surface area contributed by atoms with Gasteiger partial charge in [-0.25, -0.2) is 0 Å². The molecule has 1 aliphatic heterocycles. The molecule has 0 radical (unpaired) electrons. The molecule has 19 heavy (non-hydrogen) atoms. The van der Waals surface area contributed by atoms with Crippen LogP contribution in [0.25, 0.3) is 11.0 Å². The molecule has 2 aromatic rings. The first-order valence-electron chi connectivity index (χ1n) is 6.83. The second-order valence-corrected chi connectivity index (χ2v) is 4.99. The molecule has 2 N–H and O–H groups in total. The first-order valence-corrected chi connectivity index (χ1v) is 6.83. The predicted molar refractivity (Wildman–Crippen MR) is 74.2 cm³/mol. The third-order valence-corrected chi connectivity index (χ3v) is 3.59. The minimum atomic E-state index is -0.130. The summed E-state index contributed by atoms with van der Waals surface area (Å²) in [5.74, 6) is 0.259. The van der Waals surface area contributed by atoms with Gasteiger partial charge in [-0.15, -0.1) is 0 Å². The van der Waals surface area contributed by atoms with Crippen LogP contribution in [0.15, 0.2) is 34.7 Å². The van der Waals surface area contributed by atoms with Crippen molar-refractivity contribution < 1.29 is 9.21 Å². The van der Waals surface area contributed by atoms with E-state index in [2.05, 4.69) is 10.6 Å². The van der Waals surface area contributed by atoms with Crippen LogP contribution in [0, 0.1) is 0 Å². The molecule has 1 saturated heterocycles. The van der Waals surface area contributed by atoms with Crippen molar-refractivity contribution in [1.82, 2.24) is 10.6 Å². The summed E-state index contributed by atoms with van der Waals surface area (Å²) < 4.78 is 5.52. The highest BCUT2D eigenvalue weighted by Gasteiger charge is 2.15. The van der Waals surface area contributed by atoms with Gasteiger partial charge in [0.05, 0.1) is 0 Å². The minimum absolute atomic E-state index is 0.130. The van der Waals surface area contributed by atoms with Crippen LogP contribution in [0.2, 0.25) is 0 Å². The van der Waals surface area contributed by atoms with Gasteiger partial charge in [0.2, 0.25) is 0 Å². The number of hydrogen-bond acceptors (Lipinski definition) is 3. The molecule has 0 bridgehead atoms. The predicted octanol–water partition coefficient (Wildman–Crippen LogP) is 2.30. The van der Waals surface area contributed by atoms with Gasteiger partial charge in [-0.1, -0.05) is 18.2 Å². The number of nitrogens with one attached hydrogen (secondary N) is 2. The van der Waals surface area contributed by atoms with Crippen molar-refractivity contribution in [3.05, 3.63) is 36.1 Å². The van der Waals surface area contributed by atoms with Gasteiger partial charge in [0.15, 0.2) is 5.76 Å². The van der Waals surface area contributed by atoms with Crippen molar-refractivity contribution in [2.24, 2.45) is 0 Å². The lowest BCUT2D eigenvalue weighted by atomic mass is 10.1. The Labute approximate surface area is 112 Å². The summed E-state index contributed by atoms with van der Waals surface area (Å²) in [5, 5.41) is 7.29. The van der Waals surface area contributed by atoms with Crippen LogP contribution in [-0.2, 0) is 0 Å². The van der Waals surface area contributed by atoms with E-state index in [4.69, 9.17) is 4.42 Å². The van der Waals surface area contributed by atoms with Gasteiger partial charge < -0.3 is 15.1 Å². The normalized spacial score (nSPS) is 18.8. The van der Waals surface area contributed by atoms with Gasteiger partial charge in [-0.05, 0) is 37.9 Å². The molecule has 0 aliphatic carbocycles. The zero-order valence-corrected chi connectivity index (χ0v) is 10.8. The van der Waals surface area contributed by atoms with Gasteiger partial charge >= 0.3 is 0 Å². The summed E-state index contributed by atoms with van der Waals surface area (Å²) in [6.45, 7) is 1.79. The Morgan fingerprint density at radius 3 is 3.11 bits per heavy atom. The van der Waals surface area contributed by atoms with Crippen molar-refractivity contribution in [1.29, 1.82) is 0 Å². The van der Waals surface area contributed by atoms with Crippen molar-refractivity contribution in [3.63, 3.8) is 0 Å². The first-order chi connectivity index (χ1) is 9.33. The molecular formula is C15H18N2O2. The summed E-state index contributed by atoms with van der Waals surface area (Å²) >= 11 is 0. The van der Waals surface area contributed by atoms with Gasteiger partial charge in [0.1, 0.15) is 5.58 Å². The van der Waals surface area contributed by atoms with Crippen LogP contribution >= 0.6 is 0 Å². The summed E-state index contributed by atoms with van der Waals surface area (Å²) in [4.78, 5) is 12.0. The molecule has 1 atom stereocenters. The second-order valence-electron chi connectivity index (χ2n) is 4.99. The number of furan rings is 1. The second kappa shape index (κ2) is 5.45. The third kappa shape index (κ3) is 2.79. The molecule has 0 spiro atoms. The standard InChI is InChI=1S/C15H18N2O2/c18-15(17-9-7-12-5-3-8-16-12)14-10-11-4-1-2-6-13(11)19-14/h1-2,4,6,10,12,16H,3,5,7-9H2,(H,17,18)/t12-/m0/s1. The highest BCUT2D eigenvalue weighted by atomic mass is 16.3. The number of rotatable bonds is 4. The zero-order valence-electron chi connectivity index (χ0n) is 10.8. The molecular weight excluding hydrogens is 240 g/mol. The van der Waals surface area contributed by atoms with E-state index < -0.39 is 0 Å². The third-order valence-electron chi connectivity index (χ3n) is 3.59. The minimum Gasteiger partial charge on any atom is -0.451 e. The van der Waals surface area contributed by atoms with E-state index >= 15 is 0 Å². The Morgan fingerprint density at radius 1 is 1.42 bits per heavy atom. The highest BCUT2D eigenvalue weighted by molar-refractivity contribution is 5.95. The molecule has 1 aromatic heterocycles. The summed E-state index contributed by atoms with van der Waals surface area (Å²) in [7, 11) is 0. The van der Waals surface area contributed by atoms with E-state index in [-0.39, 0.29) is 5.91 Å². The van der Waals surface area contributed by atoms with Crippen LogP contribution < -0.4 is 10.6 Å². The van der Waals surface area contributed by atoms with Gasteiger partial charge in [0.25, 0.3) is 5.91 Å². The van der Waals surface area contributed by atoms with E-state index in [1.807, 2.05) is 24.3 Å². The highest BCUT2D eigenvalue weighted by Crippen LogP contribution is 2.18. The topological polar surface area (TPSA) is 54.3 Å². The van der Waals surface area contributed by atoms with Gasteiger partial charge in [0, 0.05) is 18.0 Å². The lowest BCUT2D eigenvalue weighted by molar-refractivity contribution is 0.0927. The fraction of sp³-hybridized carbons (Fsp3) is 0.400. The maximum atomic E-state index is 12.0. The molecule has 1 aromatic carbocycles. The van der Waals surface area contributed by atoms with Crippen molar-refractivity contribution in [2.45, 2.75) is 25.3 Å². The number of para-hydroxylation sites is 1. The van der Waals surface area contributed by atoms with E-state index in [0.717, 1.165) is 23.9 Å². The Morgan fingerprint density at radius 2 is 2.32 bits per heavy atom. The molecule has 0 saturated carbocycles. The molecule has 3 rings (SSSR count). The number of carbonyl (C=O) groups excluding carboxylic acids is 1. The monoisotopic (exact) mass is 258 g/mol. The smallest absolute Gasteiger partial charge is 0.287 e. The Balaban J connectivity index is 1.57. The van der Waals surface area contributed by atoms with Crippen LogP contribution in [0.4, 0.5) is 0 Å². The largest absolute Gasteiger partial charge is 0.451 e. The van der Waals surface area contributed by atoms with Crippen LogP contribution in [0.1, 0.15) is 29.8 Å². The number of hydrogen-bond donors (Lipinski definition) is 2. The first kappa shape index (κ1) is 12.2. The average molecular weight is 258 g/mol. The Kier molecular flexibility index (Phi) is 3.51. The zero-order chi connectivity index (χ0) is 13.1. The van der Waals surface area contributed by atoms with Crippen molar-refractivity contribution in [3.8, 4) is 0 Å². The lowest BCUT2D eigenvalue weighted by Gasteiger charge is -2.09. The Hall–Kier alpha value is -1.81. The quantitative estimate of drug-likeness (QED) is 0.884. The maximum absolute atomic E-state index is 12.0. The molecule has 4 heteroatoms. The van der Waals surface area contributed by atoms with E-state index in [0.29, 0.717) is 18.3 Å². The number of benzene rings is 1. The number of fused-ring (bicyclic) bond motifs is 1. The lowest BCUT2D eigenvalue weighted by Crippen LogP contribution is -2.30. The molecule has 1 fully saturated rings. The molecule has 1 aliphatic rings. The fourth-order valence-electron chi connectivity index (χ4n) is 2.54. The van der Waals surface area contributed by atoms with Gasteiger partial charge in [-0.2, -0.15) is 0 Å². The van der Waals surface area contributed by atoms with Crippen LogP contribution in [0.3, 0.4) is 0 Å². The molecule has 0 unspecified atom stereocenters. The molecule has 4 nitrogen and oxygen atoms in total.